The third-order valence-corrected chi connectivity index (χ3v) is 5.70. The first-order valence-electron chi connectivity index (χ1n) is 9.49. The number of halogens is 4. The van der Waals surface area contributed by atoms with Crippen LogP contribution in [0, 0.1) is 0 Å². The van der Waals surface area contributed by atoms with E-state index in [1.54, 1.807) is 6.20 Å². The molecular formula is C20H21ClF3N5. The number of alkyl halides is 3. The normalized spacial score (nSPS) is 19.7. The highest BCUT2D eigenvalue weighted by Gasteiger charge is 2.34. The molecule has 29 heavy (non-hydrogen) atoms. The van der Waals surface area contributed by atoms with Crippen molar-refractivity contribution in [2.75, 3.05) is 31.1 Å². The Morgan fingerprint density at radius 3 is 2.83 bits per heavy atom. The molecule has 2 aliphatic rings. The summed E-state index contributed by atoms with van der Waals surface area (Å²) in [5, 5.41) is 2.91. The number of hydrogen-bond donors (Lipinski definition) is 2. The minimum Gasteiger partial charge on any atom is -0.352 e. The van der Waals surface area contributed by atoms with Crippen LogP contribution in [0.25, 0.3) is 17.0 Å². The predicted molar refractivity (Wildman–Crippen MR) is 108 cm³/mol. The first-order chi connectivity index (χ1) is 13.9. The average molecular weight is 424 g/mol. The van der Waals surface area contributed by atoms with Crippen LogP contribution in [-0.2, 0) is 6.18 Å². The molecule has 1 aromatic heterocycles. The van der Waals surface area contributed by atoms with Gasteiger partial charge in [0, 0.05) is 49.5 Å². The molecule has 9 heteroatoms. The fourth-order valence-corrected chi connectivity index (χ4v) is 4.10. The maximum Gasteiger partial charge on any atom is 0.417 e. The summed E-state index contributed by atoms with van der Waals surface area (Å²) in [7, 11) is 0. The molecule has 0 radical (unpaired) electrons. The van der Waals surface area contributed by atoms with Crippen molar-refractivity contribution in [2.45, 2.75) is 25.1 Å². The second-order valence-corrected chi connectivity index (χ2v) is 7.62. The Hall–Kier alpha value is -2.16. The van der Waals surface area contributed by atoms with Crippen molar-refractivity contribution in [2.24, 2.45) is 5.73 Å². The molecule has 3 N–H and O–H groups in total. The van der Waals surface area contributed by atoms with Crippen LogP contribution in [0.2, 0.25) is 5.02 Å². The summed E-state index contributed by atoms with van der Waals surface area (Å²) in [5.74, 6) is 0.960. The minimum atomic E-state index is -4.55. The number of nitrogens with zero attached hydrogens (tertiary/aromatic N) is 3. The number of nitrogens with two attached hydrogens (primary N) is 1. The number of anilines is 1. The molecule has 0 aliphatic carbocycles. The van der Waals surface area contributed by atoms with Crippen molar-refractivity contribution in [3.8, 4) is 11.4 Å². The maximum atomic E-state index is 13.3. The van der Waals surface area contributed by atoms with E-state index >= 15 is 0 Å². The molecule has 154 valence electrons. The molecule has 1 aromatic carbocycles. The topological polar surface area (TPSA) is 67.1 Å². The van der Waals surface area contributed by atoms with Gasteiger partial charge in [-0.15, -0.1) is 0 Å². The Morgan fingerprint density at radius 1 is 1.31 bits per heavy atom. The summed E-state index contributed by atoms with van der Waals surface area (Å²) in [5.41, 5.74) is 7.30. The predicted octanol–water partition coefficient (Wildman–Crippen LogP) is 3.73. The van der Waals surface area contributed by atoms with Gasteiger partial charge in [-0.3, -0.25) is 0 Å². The van der Waals surface area contributed by atoms with E-state index in [-0.39, 0.29) is 22.5 Å². The SMILES string of the molecule is NC[C@@H]1CCCN1c1nc(-c2ccc(Cl)c(C(F)(F)F)c2)ncc1C1=CCNC1. The Morgan fingerprint density at radius 2 is 2.14 bits per heavy atom. The van der Waals surface area contributed by atoms with Crippen LogP contribution in [0.4, 0.5) is 19.0 Å². The highest BCUT2D eigenvalue weighted by atomic mass is 35.5. The first-order valence-corrected chi connectivity index (χ1v) is 9.87. The molecule has 0 amide bonds. The molecule has 0 spiro atoms. The summed E-state index contributed by atoms with van der Waals surface area (Å²) in [6, 6.07) is 3.90. The van der Waals surface area contributed by atoms with Gasteiger partial charge in [-0.2, -0.15) is 13.2 Å². The van der Waals surface area contributed by atoms with Gasteiger partial charge >= 0.3 is 6.18 Å². The van der Waals surface area contributed by atoms with Gasteiger partial charge in [0.2, 0.25) is 0 Å². The van der Waals surface area contributed by atoms with Crippen LogP contribution in [0.1, 0.15) is 24.0 Å². The number of nitrogens with one attached hydrogen (secondary N) is 1. The van der Waals surface area contributed by atoms with Gasteiger partial charge < -0.3 is 16.0 Å². The van der Waals surface area contributed by atoms with Crippen LogP contribution < -0.4 is 16.0 Å². The molecule has 3 heterocycles. The number of hydrogen-bond acceptors (Lipinski definition) is 5. The molecule has 1 saturated heterocycles. The fraction of sp³-hybridized carbons (Fsp3) is 0.400. The Bertz CT molecular complexity index is 944. The van der Waals surface area contributed by atoms with Gasteiger partial charge in [-0.05, 0) is 36.6 Å². The molecule has 5 nitrogen and oxygen atoms in total. The van der Waals surface area contributed by atoms with E-state index in [0.717, 1.165) is 49.0 Å². The van der Waals surface area contributed by atoms with Gasteiger partial charge in [0.25, 0.3) is 0 Å². The smallest absolute Gasteiger partial charge is 0.352 e. The van der Waals surface area contributed by atoms with Gasteiger partial charge in [0.1, 0.15) is 5.82 Å². The van der Waals surface area contributed by atoms with Crippen LogP contribution >= 0.6 is 11.6 Å². The van der Waals surface area contributed by atoms with Gasteiger partial charge in [0.15, 0.2) is 5.82 Å². The van der Waals surface area contributed by atoms with E-state index in [1.165, 1.54) is 12.1 Å². The summed E-state index contributed by atoms with van der Waals surface area (Å²) in [4.78, 5) is 11.2. The molecule has 0 unspecified atom stereocenters. The van der Waals surface area contributed by atoms with E-state index in [1.807, 2.05) is 0 Å². The largest absolute Gasteiger partial charge is 0.417 e. The Labute approximate surface area is 171 Å². The zero-order valence-corrected chi connectivity index (χ0v) is 16.4. The van der Waals surface area contributed by atoms with Crippen molar-refractivity contribution >= 4 is 23.0 Å². The second-order valence-electron chi connectivity index (χ2n) is 7.21. The van der Waals surface area contributed by atoms with E-state index in [4.69, 9.17) is 22.3 Å². The summed E-state index contributed by atoms with van der Waals surface area (Å²) >= 11 is 5.76. The molecular weight excluding hydrogens is 403 g/mol. The number of aromatic nitrogens is 2. The molecule has 0 bridgehead atoms. The summed E-state index contributed by atoms with van der Waals surface area (Å²) in [6.45, 7) is 2.77. The van der Waals surface area contributed by atoms with Gasteiger partial charge in [-0.25, -0.2) is 9.97 Å². The van der Waals surface area contributed by atoms with Crippen LogP contribution in [-0.4, -0.2) is 42.2 Å². The molecule has 2 aromatic rings. The quantitative estimate of drug-likeness (QED) is 0.784. The van der Waals surface area contributed by atoms with Gasteiger partial charge in [-0.1, -0.05) is 17.7 Å². The van der Waals surface area contributed by atoms with Crippen molar-refractivity contribution in [3.63, 3.8) is 0 Å². The number of rotatable bonds is 4. The van der Waals surface area contributed by atoms with Crippen molar-refractivity contribution in [3.05, 3.63) is 46.6 Å². The zero-order valence-electron chi connectivity index (χ0n) is 15.6. The van der Waals surface area contributed by atoms with Crippen molar-refractivity contribution < 1.29 is 13.2 Å². The highest BCUT2D eigenvalue weighted by Crippen LogP contribution is 2.38. The fourth-order valence-electron chi connectivity index (χ4n) is 3.88. The number of benzene rings is 1. The second kappa shape index (κ2) is 7.93. The molecule has 0 saturated carbocycles. The van der Waals surface area contributed by atoms with E-state index in [0.29, 0.717) is 13.1 Å². The first kappa shape index (κ1) is 20.1. The third-order valence-electron chi connectivity index (χ3n) is 5.37. The molecule has 1 atom stereocenters. The molecule has 4 rings (SSSR count). The highest BCUT2D eigenvalue weighted by molar-refractivity contribution is 6.31. The summed E-state index contributed by atoms with van der Waals surface area (Å²) < 4.78 is 39.8. The van der Waals surface area contributed by atoms with Crippen LogP contribution in [0.3, 0.4) is 0 Å². The zero-order chi connectivity index (χ0) is 20.6. The standard InChI is InChI=1S/C20H21ClF3N5/c21-17-4-3-12(8-16(17)20(22,23)24)18-27-11-15(13-5-6-26-10-13)19(28-18)29-7-1-2-14(29)9-25/h3-5,8,11,14,26H,1-2,6-7,9-10,25H2/t14-/m0/s1. The lowest BCUT2D eigenvalue weighted by Crippen LogP contribution is -2.36. The molecule has 1 fully saturated rings. The van der Waals surface area contributed by atoms with Crippen LogP contribution in [0.15, 0.2) is 30.5 Å². The van der Waals surface area contributed by atoms with E-state index < -0.39 is 11.7 Å². The van der Waals surface area contributed by atoms with Gasteiger partial charge in [0.05, 0.1) is 10.6 Å². The average Bonchev–Trinajstić information content (AvgIpc) is 3.38. The third kappa shape index (κ3) is 3.97. The minimum absolute atomic E-state index is 0.155. The lowest BCUT2D eigenvalue weighted by atomic mass is 10.1. The van der Waals surface area contributed by atoms with Crippen LogP contribution in [0.5, 0.6) is 0 Å². The van der Waals surface area contributed by atoms with Crippen molar-refractivity contribution in [1.82, 2.24) is 15.3 Å². The Kier molecular flexibility index (Phi) is 5.50. The lowest BCUT2D eigenvalue weighted by molar-refractivity contribution is -0.137. The Balaban J connectivity index is 1.81. The monoisotopic (exact) mass is 423 g/mol. The lowest BCUT2D eigenvalue weighted by Gasteiger charge is -2.27. The van der Waals surface area contributed by atoms with E-state index in [2.05, 4.69) is 21.3 Å². The van der Waals surface area contributed by atoms with E-state index in [9.17, 15) is 13.2 Å². The summed E-state index contributed by atoms with van der Waals surface area (Å²) in [6.07, 6.45) is 1.20. The van der Waals surface area contributed by atoms with Crippen molar-refractivity contribution in [1.29, 1.82) is 0 Å². The molecule has 2 aliphatic heterocycles. The maximum absolute atomic E-state index is 13.3.